The highest BCUT2D eigenvalue weighted by Crippen LogP contribution is 2.24. The van der Waals surface area contributed by atoms with Gasteiger partial charge in [0, 0.05) is 5.33 Å². The van der Waals surface area contributed by atoms with Crippen molar-refractivity contribution >= 4 is 15.9 Å². The summed E-state index contributed by atoms with van der Waals surface area (Å²) in [5.41, 5.74) is 2.34. The molecule has 0 aromatic heterocycles. The fraction of sp³-hybridized carbons (Fsp3) is 0.500. The molecule has 0 aliphatic carbocycles. The van der Waals surface area contributed by atoms with Crippen LogP contribution in [0.15, 0.2) is 18.2 Å². The maximum absolute atomic E-state index is 9.97. The third-order valence-electron chi connectivity index (χ3n) is 2.61. The van der Waals surface area contributed by atoms with Gasteiger partial charge in [-0.05, 0) is 30.0 Å². The highest BCUT2D eigenvalue weighted by atomic mass is 79.9. The molecular weight excluding hydrogens is 272 g/mol. The summed E-state index contributed by atoms with van der Waals surface area (Å²) in [7, 11) is 0. The number of rotatable bonds is 5. The van der Waals surface area contributed by atoms with Crippen LogP contribution in [0, 0.1) is 6.92 Å². The Hall–Kier alpha value is -0.420. The van der Waals surface area contributed by atoms with E-state index in [0.29, 0.717) is 17.3 Å². The van der Waals surface area contributed by atoms with E-state index in [1.165, 1.54) is 0 Å². The standard InChI is InChI=1S/C12H17BrO3/c1-8-2-3-9(7-14)6-10(8)12(16)11(15)4-5-13/h2-3,6,11-12,14-16H,4-5,7H2,1H3. The fourth-order valence-corrected chi connectivity index (χ4v) is 2.05. The van der Waals surface area contributed by atoms with E-state index in [0.717, 1.165) is 11.1 Å². The zero-order chi connectivity index (χ0) is 12.1. The molecule has 1 aromatic rings. The molecule has 1 aromatic carbocycles. The first-order valence-corrected chi connectivity index (χ1v) is 6.34. The van der Waals surface area contributed by atoms with Crippen LogP contribution in [0.4, 0.5) is 0 Å². The molecule has 16 heavy (non-hydrogen) atoms. The summed E-state index contributed by atoms with van der Waals surface area (Å²) in [6, 6.07) is 5.38. The Bertz CT molecular complexity index is 341. The minimum Gasteiger partial charge on any atom is -0.392 e. The molecule has 0 amide bonds. The molecule has 2 unspecified atom stereocenters. The normalized spacial score (nSPS) is 14.8. The quantitative estimate of drug-likeness (QED) is 0.723. The van der Waals surface area contributed by atoms with Crippen LogP contribution in [0.3, 0.4) is 0 Å². The Kier molecular flexibility index (Phi) is 5.41. The molecule has 0 heterocycles. The SMILES string of the molecule is Cc1ccc(CO)cc1C(O)C(O)CCBr. The number of benzene rings is 1. The van der Waals surface area contributed by atoms with Gasteiger partial charge in [-0.2, -0.15) is 0 Å². The zero-order valence-corrected chi connectivity index (χ0v) is 10.8. The highest BCUT2D eigenvalue weighted by molar-refractivity contribution is 9.09. The van der Waals surface area contributed by atoms with E-state index >= 15 is 0 Å². The van der Waals surface area contributed by atoms with Crippen LogP contribution in [0.25, 0.3) is 0 Å². The Morgan fingerprint density at radius 3 is 2.56 bits per heavy atom. The van der Waals surface area contributed by atoms with Crippen molar-refractivity contribution in [2.75, 3.05) is 5.33 Å². The highest BCUT2D eigenvalue weighted by Gasteiger charge is 2.19. The van der Waals surface area contributed by atoms with E-state index in [4.69, 9.17) is 5.11 Å². The first kappa shape index (κ1) is 13.6. The number of halogens is 1. The van der Waals surface area contributed by atoms with Crippen molar-refractivity contribution in [3.63, 3.8) is 0 Å². The molecule has 0 aliphatic rings. The largest absolute Gasteiger partial charge is 0.392 e. The lowest BCUT2D eigenvalue weighted by molar-refractivity contribution is 0.0169. The van der Waals surface area contributed by atoms with Crippen molar-refractivity contribution in [3.05, 3.63) is 34.9 Å². The van der Waals surface area contributed by atoms with Crippen LogP contribution in [0.1, 0.15) is 29.2 Å². The molecule has 3 nitrogen and oxygen atoms in total. The number of hydrogen-bond donors (Lipinski definition) is 3. The molecule has 3 N–H and O–H groups in total. The molecule has 0 saturated heterocycles. The molecule has 0 spiro atoms. The molecule has 1 rings (SSSR count). The van der Waals surface area contributed by atoms with Gasteiger partial charge in [0.25, 0.3) is 0 Å². The Morgan fingerprint density at radius 2 is 2.00 bits per heavy atom. The Morgan fingerprint density at radius 1 is 1.31 bits per heavy atom. The molecule has 0 bridgehead atoms. The van der Waals surface area contributed by atoms with E-state index in [1.54, 1.807) is 6.07 Å². The molecule has 2 atom stereocenters. The van der Waals surface area contributed by atoms with Crippen molar-refractivity contribution in [2.24, 2.45) is 0 Å². The molecule has 0 radical (unpaired) electrons. The van der Waals surface area contributed by atoms with Crippen LogP contribution in [0.5, 0.6) is 0 Å². The smallest absolute Gasteiger partial charge is 0.105 e. The van der Waals surface area contributed by atoms with E-state index in [2.05, 4.69) is 15.9 Å². The molecule has 4 heteroatoms. The van der Waals surface area contributed by atoms with Gasteiger partial charge in [0.15, 0.2) is 0 Å². The van der Waals surface area contributed by atoms with Crippen LogP contribution in [-0.4, -0.2) is 26.8 Å². The van der Waals surface area contributed by atoms with Crippen LogP contribution < -0.4 is 0 Å². The van der Waals surface area contributed by atoms with Gasteiger partial charge in [0.05, 0.1) is 12.7 Å². The summed E-state index contributed by atoms with van der Waals surface area (Å²) < 4.78 is 0. The summed E-state index contributed by atoms with van der Waals surface area (Å²) in [6.07, 6.45) is -1.19. The van der Waals surface area contributed by atoms with Crippen molar-refractivity contribution in [1.29, 1.82) is 0 Å². The number of aliphatic hydroxyl groups excluding tert-OH is 3. The Labute approximate surface area is 104 Å². The van der Waals surface area contributed by atoms with Crippen molar-refractivity contribution in [2.45, 2.75) is 32.2 Å². The average molecular weight is 289 g/mol. The molecule has 0 fully saturated rings. The van der Waals surface area contributed by atoms with Crippen molar-refractivity contribution in [3.8, 4) is 0 Å². The van der Waals surface area contributed by atoms with Crippen LogP contribution >= 0.6 is 15.9 Å². The minimum atomic E-state index is -0.899. The van der Waals surface area contributed by atoms with Crippen molar-refractivity contribution < 1.29 is 15.3 Å². The first-order chi connectivity index (χ1) is 7.60. The molecule has 90 valence electrons. The lowest BCUT2D eigenvalue weighted by Crippen LogP contribution is -2.19. The van der Waals surface area contributed by atoms with Gasteiger partial charge in [-0.3, -0.25) is 0 Å². The average Bonchev–Trinajstić information content (AvgIpc) is 2.29. The van der Waals surface area contributed by atoms with E-state index in [9.17, 15) is 10.2 Å². The Balaban J connectivity index is 2.92. The van der Waals surface area contributed by atoms with Crippen LogP contribution in [0.2, 0.25) is 0 Å². The summed E-state index contributed by atoms with van der Waals surface area (Å²) in [4.78, 5) is 0. The number of aryl methyl sites for hydroxylation is 1. The third-order valence-corrected chi connectivity index (χ3v) is 3.07. The lowest BCUT2D eigenvalue weighted by atomic mass is 9.96. The van der Waals surface area contributed by atoms with Gasteiger partial charge >= 0.3 is 0 Å². The van der Waals surface area contributed by atoms with Gasteiger partial charge in [-0.25, -0.2) is 0 Å². The second kappa shape index (κ2) is 6.35. The van der Waals surface area contributed by atoms with Gasteiger partial charge in [-0.1, -0.05) is 34.1 Å². The topological polar surface area (TPSA) is 60.7 Å². The summed E-state index contributed by atoms with van der Waals surface area (Å²) in [5.74, 6) is 0. The second-order valence-corrected chi connectivity index (χ2v) is 4.63. The molecule has 0 saturated carbocycles. The third kappa shape index (κ3) is 3.28. The number of alkyl halides is 1. The predicted molar refractivity (Wildman–Crippen MR) is 66.5 cm³/mol. The lowest BCUT2D eigenvalue weighted by Gasteiger charge is -2.19. The molecule has 0 aliphatic heterocycles. The minimum absolute atomic E-state index is 0.0610. The van der Waals surface area contributed by atoms with Gasteiger partial charge < -0.3 is 15.3 Å². The molecular formula is C12H17BrO3. The van der Waals surface area contributed by atoms with Gasteiger partial charge in [0.2, 0.25) is 0 Å². The predicted octanol–water partition coefficient (Wildman–Crippen LogP) is 1.67. The summed E-state index contributed by atoms with van der Waals surface area (Å²) in [6.45, 7) is 1.81. The first-order valence-electron chi connectivity index (χ1n) is 5.22. The number of hydrogen-bond acceptors (Lipinski definition) is 3. The summed E-state index contributed by atoms with van der Waals surface area (Å²) in [5, 5.41) is 29.4. The van der Waals surface area contributed by atoms with E-state index < -0.39 is 12.2 Å². The summed E-state index contributed by atoms with van der Waals surface area (Å²) >= 11 is 3.23. The van der Waals surface area contributed by atoms with Gasteiger partial charge in [0.1, 0.15) is 6.10 Å². The zero-order valence-electron chi connectivity index (χ0n) is 9.23. The van der Waals surface area contributed by atoms with Crippen molar-refractivity contribution in [1.82, 2.24) is 0 Å². The van der Waals surface area contributed by atoms with E-state index in [-0.39, 0.29) is 6.61 Å². The van der Waals surface area contributed by atoms with Gasteiger partial charge in [-0.15, -0.1) is 0 Å². The second-order valence-electron chi connectivity index (χ2n) is 3.84. The maximum Gasteiger partial charge on any atom is 0.105 e. The maximum atomic E-state index is 9.97. The van der Waals surface area contributed by atoms with E-state index in [1.807, 2.05) is 19.1 Å². The fourth-order valence-electron chi connectivity index (χ4n) is 1.58. The number of aliphatic hydroxyl groups is 3. The monoisotopic (exact) mass is 288 g/mol. The van der Waals surface area contributed by atoms with Crippen LogP contribution in [-0.2, 0) is 6.61 Å².